The fraction of sp³-hybridized carbons (Fsp3) is 0.480. The Morgan fingerprint density at radius 2 is 1.77 bits per heavy atom. The predicted octanol–water partition coefficient (Wildman–Crippen LogP) is 6.09. The number of nitro groups is 1. The third-order valence-corrected chi connectivity index (χ3v) is 5.77. The van der Waals surface area contributed by atoms with Gasteiger partial charge in [0.1, 0.15) is 12.0 Å². The summed E-state index contributed by atoms with van der Waals surface area (Å²) >= 11 is 0. The van der Waals surface area contributed by atoms with Crippen molar-refractivity contribution in [2.45, 2.75) is 71.2 Å². The molecule has 0 aliphatic rings. The van der Waals surface area contributed by atoms with Gasteiger partial charge in [-0.25, -0.2) is 0 Å². The first-order valence-corrected chi connectivity index (χ1v) is 11.0. The van der Waals surface area contributed by atoms with E-state index in [9.17, 15) is 14.9 Å². The molecule has 0 bridgehead atoms. The highest BCUT2D eigenvalue weighted by Gasteiger charge is 2.36. The topological polar surface area (TPSA) is 72.7 Å². The molecule has 168 valence electrons. The Labute approximate surface area is 185 Å². The molecular weight excluding hydrogens is 392 g/mol. The number of carbonyl (C=O) groups is 1. The summed E-state index contributed by atoms with van der Waals surface area (Å²) in [4.78, 5) is 24.4. The minimum Gasteiger partial charge on any atom is -0.353 e. The van der Waals surface area contributed by atoms with Crippen LogP contribution in [0.4, 0.5) is 5.69 Å². The quantitative estimate of drug-likeness (QED) is 0.168. The van der Waals surface area contributed by atoms with E-state index in [4.69, 9.17) is 4.74 Å². The first-order valence-electron chi connectivity index (χ1n) is 11.0. The van der Waals surface area contributed by atoms with Crippen molar-refractivity contribution in [1.82, 2.24) is 4.90 Å². The van der Waals surface area contributed by atoms with Gasteiger partial charge in [0.25, 0.3) is 5.69 Å². The molecular formula is C25H34N2O4. The largest absolute Gasteiger partial charge is 0.353 e. The predicted molar refractivity (Wildman–Crippen MR) is 123 cm³/mol. The van der Waals surface area contributed by atoms with E-state index in [1.807, 2.05) is 38.2 Å². The Hall–Kier alpha value is -2.57. The van der Waals surface area contributed by atoms with E-state index in [2.05, 4.69) is 18.7 Å². The molecule has 2 unspecified atom stereocenters. The van der Waals surface area contributed by atoms with Gasteiger partial charge in [-0.1, -0.05) is 69.5 Å². The van der Waals surface area contributed by atoms with Gasteiger partial charge >= 0.3 is 0 Å². The van der Waals surface area contributed by atoms with Crippen molar-refractivity contribution < 1.29 is 14.5 Å². The van der Waals surface area contributed by atoms with Crippen LogP contribution in [0.3, 0.4) is 0 Å². The molecule has 0 aliphatic carbocycles. The normalized spacial score (nSPS) is 14.2. The number of benzene rings is 2. The molecule has 0 fully saturated rings. The smallest absolute Gasteiger partial charge is 0.269 e. The number of hydrogen-bond donors (Lipinski definition) is 0. The second-order valence-electron chi connectivity index (χ2n) is 8.14. The van der Waals surface area contributed by atoms with Crippen LogP contribution in [0.1, 0.15) is 74.4 Å². The molecule has 0 heterocycles. The number of aldehydes is 1. The fourth-order valence-electron chi connectivity index (χ4n) is 3.87. The zero-order valence-corrected chi connectivity index (χ0v) is 19.0. The molecule has 0 radical (unpaired) electrons. The van der Waals surface area contributed by atoms with Crippen LogP contribution in [0, 0.1) is 10.1 Å². The van der Waals surface area contributed by atoms with Crippen LogP contribution in [0.2, 0.25) is 0 Å². The number of hydrogen-bond acceptors (Lipinski definition) is 5. The van der Waals surface area contributed by atoms with Crippen molar-refractivity contribution in [3.8, 4) is 0 Å². The molecule has 0 aliphatic heterocycles. The lowest BCUT2D eigenvalue weighted by Crippen LogP contribution is -2.46. The van der Waals surface area contributed by atoms with E-state index in [0.29, 0.717) is 12.1 Å². The number of nitrogens with zero attached hydrogens (tertiary/aromatic N) is 2. The van der Waals surface area contributed by atoms with E-state index in [0.717, 1.165) is 49.5 Å². The average Bonchev–Trinajstić information content (AvgIpc) is 2.77. The molecule has 0 aromatic heterocycles. The van der Waals surface area contributed by atoms with Gasteiger partial charge in [-0.05, 0) is 32.4 Å². The SMILES string of the molecule is CCCCC(CCC)OC(C)(c1ccccc1C=O)N(C)Cc1ccc([N+](=O)[O-])cc1. The van der Waals surface area contributed by atoms with Crippen LogP contribution in [0.25, 0.3) is 0 Å². The van der Waals surface area contributed by atoms with Crippen LogP contribution in [-0.4, -0.2) is 29.3 Å². The molecule has 31 heavy (non-hydrogen) atoms. The standard InChI is InChI=1S/C25H34N2O4/c1-5-7-12-23(10-6-2)31-25(3,24-13-9-8-11-21(24)19-28)26(4)18-20-14-16-22(17-15-20)27(29)30/h8-9,11,13-17,19,23H,5-7,10,12,18H2,1-4H3. The van der Waals surface area contributed by atoms with Gasteiger partial charge in [0.05, 0.1) is 11.0 Å². The number of non-ortho nitro benzene ring substituents is 1. The van der Waals surface area contributed by atoms with Crippen LogP contribution < -0.4 is 0 Å². The highest BCUT2D eigenvalue weighted by Crippen LogP contribution is 2.35. The maximum absolute atomic E-state index is 11.8. The molecule has 2 aromatic rings. The van der Waals surface area contributed by atoms with E-state index in [-0.39, 0.29) is 11.8 Å². The number of ether oxygens (including phenoxy) is 1. The zero-order chi connectivity index (χ0) is 22.9. The van der Waals surface area contributed by atoms with E-state index in [1.54, 1.807) is 12.1 Å². The third-order valence-electron chi connectivity index (χ3n) is 5.77. The summed E-state index contributed by atoms with van der Waals surface area (Å²) in [5.74, 6) is 0. The average molecular weight is 427 g/mol. The van der Waals surface area contributed by atoms with Crippen molar-refractivity contribution >= 4 is 12.0 Å². The van der Waals surface area contributed by atoms with E-state index < -0.39 is 10.6 Å². The summed E-state index contributed by atoms with van der Waals surface area (Å²) in [6.45, 7) is 6.86. The lowest BCUT2D eigenvalue weighted by molar-refractivity contribution is -0.384. The Morgan fingerprint density at radius 1 is 1.10 bits per heavy atom. The van der Waals surface area contributed by atoms with Crippen molar-refractivity contribution in [2.24, 2.45) is 0 Å². The Bertz CT molecular complexity index is 853. The molecule has 2 rings (SSSR count). The first-order chi connectivity index (χ1) is 14.8. The van der Waals surface area contributed by atoms with Crippen LogP contribution in [0.15, 0.2) is 48.5 Å². The molecule has 0 spiro atoms. The van der Waals surface area contributed by atoms with Gasteiger partial charge < -0.3 is 4.74 Å². The second kappa shape index (κ2) is 11.7. The summed E-state index contributed by atoms with van der Waals surface area (Å²) in [5.41, 5.74) is 1.61. The van der Waals surface area contributed by atoms with Gasteiger partial charge in [0.15, 0.2) is 0 Å². The summed E-state index contributed by atoms with van der Waals surface area (Å²) in [6.07, 6.45) is 6.07. The number of nitro benzene ring substituents is 1. The molecule has 0 N–H and O–H groups in total. The van der Waals surface area contributed by atoms with Gasteiger partial charge in [-0.2, -0.15) is 0 Å². The zero-order valence-electron chi connectivity index (χ0n) is 19.0. The molecule has 2 aromatic carbocycles. The Balaban J connectivity index is 2.39. The summed E-state index contributed by atoms with van der Waals surface area (Å²) in [6, 6.07) is 14.1. The van der Waals surface area contributed by atoms with Crippen molar-refractivity contribution in [3.63, 3.8) is 0 Å². The van der Waals surface area contributed by atoms with Gasteiger partial charge in [0.2, 0.25) is 0 Å². The third kappa shape index (κ3) is 6.45. The van der Waals surface area contributed by atoms with Crippen LogP contribution in [0.5, 0.6) is 0 Å². The van der Waals surface area contributed by atoms with E-state index in [1.165, 1.54) is 12.1 Å². The molecule has 6 nitrogen and oxygen atoms in total. The monoisotopic (exact) mass is 426 g/mol. The van der Waals surface area contributed by atoms with Crippen molar-refractivity contribution in [1.29, 1.82) is 0 Å². The Morgan fingerprint density at radius 3 is 2.35 bits per heavy atom. The van der Waals surface area contributed by atoms with E-state index >= 15 is 0 Å². The molecule has 0 saturated heterocycles. The molecule has 2 atom stereocenters. The lowest BCUT2D eigenvalue weighted by Gasteiger charge is -2.42. The minimum atomic E-state index is -0.827. The van der Waals surface area contributed by atoms with Crippen LogP contribution >= 0.6 is 0 Å². The van der Waals surface area contributed by atoms with Crippen molar-refractivity contribution in [3.05, 3.63) is 75.3 Å². The molecule has 6 heteroatoms. The Kier molecular flexibility index (Phi) is 9.34. The fourth-order valence-corrected chi connectivity index (χ4v) is 3.87. The van der Waals surface area contributed by atoms with Gasteiger partial charge in [-0.15, -0.1) is 0 Å². The maximum atomic E-state index is 11.8. The van der Waals surface area contributed by atoms with Gasteiger partial charge in [-0.3, -0.25) is 19.8 Å². The molecule has 0 amide bonds. The van der Waals surface area contributed by atoms with Crippen molar-refractivity contribution in [2.75, 3.05) is 7.05 Å². The van der Waals surface area contributed by atoms with Crippen LogP contribution in [-0.2, 0) is 17.0 Å². The molecule has 0 saturated carbocycles. The summed E-state index contributed by atoms with van der Waals surface area (Å²) in [5, 5.41) is 11.0. The first kappa shape index (κ1) is 24.7. The number of rotatable bonds is 13. The maximum Gasteiger partial charge on any atom is 0.269 e. The number of carbonyl (C=O) groups excluding carboxylic acids is 1. The minimum absolute atomic E-state index is 0.0688. The summed E-state index contributed by atoms with van der Waals surface area (Å²) in [7, 11) is 1.96. The summed E-state index contributed by atoms with van der Waals surface area (Å²) < 4.78 is 6.76. The highest BCUT2D eigenvalue weighted by molar-refractivity contribution is 5.77. The second-order valence-corrected chi connectivity index (χ2v) is 8.14. The highest BCUT2D eigenvalue weighted by atomic mass is 16.6. The number of unbranched alkanes of at least 4 members (excludes halogenated alkanes) is 1. The lowest BCUT2D eigenvalue weighted by atomic mass is 9.96. The van der Waals surface area contributed by atoms with Gasteiger partial charge in [0, 0.05) is 29.8 Å².